The number of urea groups is 1. The Morgan fingerprint density at radius 1 is 1.13 bits per heavy atom. The van der Waals surface area contributed by atoms with Crippen molar-refractivity contribution in [2.24, 2.45) is 10.9 Å². The summed E-state index contributed by atoms with van der Waals surface area (Å²) in [4.78, 5) is 26.4. The number of nitrogens with one attached hydrogen (secondary N) is 1. The summed E-state index contributed by atoms with van der Waals surface area (Å²) < 4.78 is 0. The highest BCUT2D eigenvalue weighted by Gasteiger charge is 2.32. The monoisotopic (exact) mass is 405 g/mol. The highest BCUT2D eigenvalue weighted by molar-refractivity contribution is 5.92. The number of amides is 2. The van der Waals surface area contributed by atoms with Crippen molar-refractivity contribution in [2.75, 3.05) is 33.2 Å². The zero-order valence-electron chi connectivity index (χ0n) is 17.9. The van der Waals surface area contributed by atoms with E-state index in [2.05, 4.69) is 52.4 Å². The zero-order chi connectivity index (χ0) is 20.7. The number of hydrogen-bond donors (Lipinski definition) is 1. The SMILES string of the molecule is CC1CC(c2ccc(C3C=N3)c3ncccc23)CN(C(=O)NC2CCN(C)CC2)C1. The summed E-state index contributed by atoms with van der Waals surface area (Å²) in [6, 6.07) is 9.21. The maximum atomic E-state index is 13.1. The Morgan fingerprint density at radius 3 is 2.67 bits per heavy atom. The number of pyridine rings is 1. The predicted molar refractivity (Wildman–Crippen MR) is 120 cm³/mol. The van der Waals surface area contributed by atoms with Gasteiger partial charge in [-0.2, -0.15) is 0 Å². The average molecular weight is 406 g/mol. The molecule has 0 spiro atoms. The second-order valence-corrected chi connectivity index (χ2v) is 9.36. The first-order chi connectivity index (χ1) is 14.6. The number of rotatable bonds is 3. The Labute approximate surface area is 178 Å². The molecule has 1 aromatic heterocycles. The van der Waals surface area contributed by atoms with Gasteiger partial charge in [0.05, 0.1) is 5.52 Å². The summed E-state index contributed by atoms with van der Waals surface area (Å²) in [5.41, 5.74) is 3.55. The van der Waals surface area contributed by atoms with Gasteiger partial charge in [0, 0.05) is 48.4 Å². The standard InChI is InChI=1S/C24H31N5O/c1-16-12-17(15-29(14-16)24(30)27-18-7-10-28(2)11-8-18)19-5-6-21(22-13-26-22)23-20(19)4-3-9-25-23/h3-6,9,13,16-18,22H,7-8,10-12,14-15H2,1-2H3,(H,27,30). The largest absolute Gasteiger partial charge is 0.335 e. The molecule has 6 nitrogen and oxygen atoms in total. The maximum Gasteiger partial charge on any atom is 0.317 e. The first kappa shape index (κ1) is 19.5. The fourth-order valence-electron chi connectivity index (χ4n) is 5.18. The molecule has 3 atom stereocenters. The van der Waals surface area contributed by atoms with E-state index in [0.717, 1.165) is 51.0 Å². The molecule has 0 aliphatic carbocycles. The molecule has 30 heavy (non-hydrogen) atoms. The number of piperidine rings is 2. The van der Waals surface area contributed by atoms with Gasteiger partial charge in [0.15, 0.2) is 0 Å². The van der Waals surface area contributed by atoms with Crippen molar-refractivity contribution in [1.29, 1.82) is 0 Å². The number of nitrogens with zero attached hydrogens (tertiary/aromatic N) is 4. The molecule has 2 fully saturated rings. The van der Waals surface area contributed by atoms with Crippen molar-refractivity contribution in [3.63, 3.8) is 0 Å². The third kappa shape index (κ3) is 3.93. The highest BCUT2D eigenvalue weighted by atomic mass is 16.2. The number of likely N-dealkylation sites (tertiary alicyclic amines) is 2. The van der Waals surface area contributed by atoms with Crippen LogP contribution in [0.1, 0.15) is 49.3 Å². The van der Waals surface area contributed by atoms with E-state index in [9.17, 15) is 4.79 Å². The van der Waals surface area contributed by atoms with Crippen LogP contribution in [0.4, 0.5) is 4.79 Å². The summed E-state index contributed by atoms with van der Waals surface area (Å²) in [5, 5.41) is 4.51. The molecule has 0 radical (unpaired) electrons. The third-order valence-electron chi connectivity index (χ3n) is 6.88. The van der Waals surface area contributed by atoms with Gasteiger partial charge in [-0.05, 0) is 56.9 Å². The van der Waals surface area contributed by atoms with Gasteiger partial charge < -0.3 is 15.1 Å². The number of carbonyl (C=O) groups excluding carboxylic acids is 1. The fraction of sp³-hybridized carbons (Fsp3) is 0.542. The van der Waals surface area contributed by atoms with E-state index in [1.54, 1.807) is 0 Å². The molecule has 3 unspecified atom stereocenters. The number of benzene rings is 1. The minimum absolute atomic E-state index is 0.103. The zero-order valence-corrected chi connectivity index (χ0v) is 17.9. The molecule has 158 valence electrons. The lowest BCUT2D eigenvalue weighted by Gasteiger charge is -2.38. The number of hydrogen-bond acceptors (Lipinski definition) is 4. The van der Waals surface area contributed by atoms with Crippen LogP contribution in [0.3, 0.4) is 0 Å². The summed E-state index contributed by atoms with van der Waals surface area (Å²) >= 11 is 0. The number of fused-ring (bicyclic) bond motifs is 1. The summed E-state index contributed by atoms with van der Waals surface area (Å²) in [6.07, 6.45) is 7.01. The Bertz CT molecular complexity index is 959. The minimum Gasteiger partial charge on any atom is -0.335 e. The number of aliphatic imine (C=N–C) groups is 1. The number of aromatic nitrogens is 1. The van der Waals surface area contributed by atoms with Crippen molar-refractivity contribution in [3.05, 3.63) is 41.6 Å². The molecule has 2 amide bonds. The van der Waals surface area contributed by atoms with Crippen LogP contribution in [0.2, 0.25) is 0 Å². The van der Waals surface area contributed by atoms with Crippen LogP contribution in [0.5, 0.6) is 0 Å². The first-order valence-electron chi connectivity index (χ1n) is 11.2. The normalized spacial score (nSPS) is 27.4. The van der Waals surface area contributed by atoms with Crippen molar-refractivity contribution in [1.82, 2.24) is 20.1 Å². The molecule has 3 aliphatic rings. The minimum atomic E-state index is 0.103. The van der Waals surface area contributed by atoms with Crippen LogP contribution in [0, 0.1) is 5.92 Å². The van der Waals surface area contributed by atoms with E-state index >= 15 is 0 Å². The van der Waals surface area contributed by atoms with Gasteiger partial charge in [0.25, 0.3) is 0 Å². The second kappa shape index (κ2) is 7.99. The van der Waals surface area contributed by atoms with Crippen molar-refractivity contribution in [3.8, 4) is 0 Å². The van der Waals surface area contributed by atoms with E-state index in [1.165, 1.54) is 16.5 Å². The Kier molecular flexibility index (Phi) is 5.19. The molecule has 2 aromatic rings. The lowest BCUT2D eigenvalue weighted by molar-refractivity contribution is 0.150. The Balaban J connectivity index is 1.35. The lowest BCUT2D eigenvalue weighted by Crippen LogP contribution is -2.52. The summed E-state index contributed by atoms with van der Waals surface area (Å²) in [6.45, 7) is 5.97. The second-order valence-electron chi connectivity index (χ2n) is 9.36. The fourth-order valence-corrected chi connectivity index (χ4v) is 5.18. The van der Waals surface area contributed by atoms with E-state index in [4.69, 9.17) is 0 Å². The van der Waals surface area contributed by atoms with E-state index in [-0.39, 0.29) is 12.1 Å². The van der Waals surface area contributed by atoms with Crippen LogP contribution < -0.4 is 5.32 Å². The lowest BCUT2D eigenvalue weighted by atomic mass is 9.83. The van der Waals surface area contributed by atoms with Gasteiger partial charge in [0.2, 0.25) is 0 Å². The Morgan fingerprint density at radius 2 is 1.90 bits per heavy atom. The first-order valence-corrected chi connectivity index (χ1v) is 11.2. The topological polar surface area (TPSA) is 60.8 Å². The third-order valence-corrected chi connectivity index (χ3v) is 6.88. The van der Waals surface area contributed by atoms with Crippen LogP contribution in [0.25, 0.3) is 10.9 Å². The van der Waals surface area contributed by atoms with Gasteiger partial charge in [0.1, 0.15) is 6.04 Å². The van der Waals surface area contributed by atoms with Crippen LogP contribution in [0.15, 0.2) is 35.5 Å². The Hall–Kier alpha value is -2.47. The van der Waals surface area contributed by atoms with Crippen molar-refractivity contribution >= 4 is 23.1 Å². The molecule has 2 saturated heterocycles. The molecule has 0 bridgehead atoms. The smallest absolute Gasteiger partial charge is 0.317 e. The molecule has 1 aromatic carbocycles. The van der Waals surface area contributed by atoms with Crippen molar-refractivity contribution in [2.45, 2.75) is 44.2 Å². The van der Waals surface area contributed by atoms with Crippen LogP contribution in [-0.2, 0) is 0 Å². The van der Waals surface area contributed by atoms with E-state index in [1.807, 2.05) is 23.4 Å². The van der Waals surface area contributed by atoms with E-state index < -0.39 is 0 Å². The molecule has 1 N–H and O–H groups in total. The maximum absolute atomic E-state index is 13.1. The molecular formula is C24H31N5O. The number of carbonyl (C=O) groups is 1. The van der Waals surface area contributed by atoms with E-state index in [0.29, 0.717) is 17.9 Å². The van der Waals surface area contributed by atoms with Gasteiger partial charge >= 0.3 is 6.03 Å². The predicted octanol–water partition coefficient (Wildman–Crippen LogP) is 3.59. The molecule has 5 rings (SSSR count). The molecule has 0 saturated carbocycles. The molecule has 6 heteroatoms. The average Bonchev–Trinajstić information content (AvgIpc) is 3.59. The van der Waals surface area contributed by atoms with Gasteiger partial charge in [-0.15, -0.1) is 0 Å². The highest BCUT2D eigenvalue weighted by Crippen LogP contribution is 2.37. The van der Waals surface area contributed by atoms with Gasteiger partial charge in [-0.1, -0.05) is 25.1 Å². The molecule has 4 heterocycles. The van der Waals surface area contributed by atoms with Crippen LogP contribution in [-0.4, -0.2) is 66.3 Å². The molecular weight excluding hydrogens is 374 g/mol. The summed E-state index contributed by atoms with van der Waals surface area (Å²) in [7, 11) is 2.15. The van der Waals surface area contributed by atoms with Crippen LogP contribution >= 0.6 is 0 Å². The quantitative estimate of drug-likeness (QED) is 0.849. The van der Waals surface area contributed by atoms with Crippen molar-refractivity contribution < 1.29 is 4.79 Å². The van der Waals surface area contributed by atoms with Gasteiger partial charge in [-0.25, -0.2) is 4.79 Å². The summed E-state index contributed by atoms with van der Waals surface area (Å²) in [5.74, 6) is 0.808. The molecule has 3 aliphatic heterocycles. The van der Waals surface area contributed by atoms with Gasteiger partial charge in [-0.3, -0.25) is 9.98 Å².